The molecule has 1 atom stereocenters. The Balaban J connectivity index is 1.68. The maximum atomic E-state index is 12.4. The number of nitrogens with one attached hydrogen (secondary N) is 1. The number of hydrogen-bond donors (Lipinski definition) is 1. The zero-order valence-electron chi connectivity index (χ0n) is 13.3. The summed E-state index contributed by atoms with van der Waals surface area (Å²) in [5.74, 6) is 1.65. The minimum Gasteiger partial charge on any atom is -0.308 e. The van der Waals surface area contributed by atoms with Crippen LogP contribution >= 0.6 is 35.0 Å². The van der Waals surface area contributed by atoms with Gasteiger partial charge < -0.3 is 9.88 Å². The molecule has 2 heterocycles. The molecule has 0 aromatic carbocycles. The fourth-order valence-corrected chi connectivity index (χ4v) is 3.61. The Labute approximate surface area is 154 Å². The molecule has 6 nitrogen and oxygen atoms in total. The lowest BCUT2D eigenvalue weighted by molar-refractivity contribution is -0.115. The summed E-state index contributed by atoms with van der Waals surface area (Å²) in [6.07, 6.45) is 3.77. The van der Waals surface area contributed by atoms with Crippen LogP contribution in [0.5, 0.6) is 0 Å². The number of nitrogens with zero attached hydrogens (tertiary/aromatic N) is 4. The Kier molecular flexibility index (Phi) is 5.32. The van der Waals surface area contributed by atoms with E-state index in [0.717, 1.165) is 17.5 Å². The quantitative estimate of drug-likeness (QED) is 0.760. The molecule has 0 unspecified atom stereocenters. The van der Waals surface area contributed by atoms with E-state index in [1.54, 1.807) is 6.07 Å². The Bertz CT molecular complexity index is 762. The van der Waals surface area contributed by atoms with Crippen molar-refractivity contribution in [2.75, 3.05) is 5.32 Å². The van der Waals surface area contributed by atoms with Crippen LogP contribution in [0.15, 0.2) is 17.4 Å². The summed E-state index contributed by atoms with van der Waals surface area (Å²) < 4.78 is 2.08. The molecule has 2 aromatic heterocycles. The number of rotatable bonds is 6. The molecule has 24 heavy (non-hydrogen) atoms. The van der Waals surface area contributed by atoms with Gasteiger partial charge in [0.05, 0.1) is 15.3 Å². The minimum atomic E-state index is -0.361. The van der Waals surface area contributed by atoms with Gasteiger partial charge in [-0.15, -0.1) is 10.2 Å². The highest BCUT2D eigenvalue weighted by atomic mass is 35.5. The van der Waals surface area contributed by atoms with E-state index in [2.05, 4.69) is 32.0 Å². The van der Waals surface area contributed by atoms with Crippen molar-refractivity contribution < 1.29 is 4.79 Å². The molecular weight excluding hydrogens is 369 g/mol. The van der Waals surface area contributed by atoms with Crippen molar-refractivity contribution in [1.29, 1.82) is 0 Å². The maximum absolute atomic E-state index is 12.4. The molecule has 128 valence electrons. The summed E-state index contributed by atoms with van der Waals surface area (Å²) in [6, 6.07) is 1.54. The normalized spacial score (nSPS) is 15.3. The number of halogens is 2. The van der Waals surface area contributed by atoms with Crippen LogP contribution in [0, 0.1) is 0 Å². The van der Waals surface area contributed by atoms with Gasteiger partial charge in [0.25, 0.3) is 0 Å². The van der Waals surface area contributed by atoms with E-state index in [-0.39, 0.29) is 11.2 Å². The average Bonchev–Trinajstić information content (AvgIpc) is 3.31. The van der Waals surface area contributed by atoms with E-state index in [4.69, 9.17) is 23.2 Å². The second kappa shape index (κ2) is 7.29. The van der Waals surface area contributed by atoms with Gasteiger partial charge in [-0.1, -0.05) is 35.0 Å². The third-order valence-electron chi connectivity index (χ3n) is 3.71. The molecule has 1 aliphatic rings. The van der Waals surface area contributed by atoms with E-state index in [0.29, 0.717) is 21.8 Å². The number of pyridine rings is 1. The summed E-state index contributed by atoms with van der Waals surface area (Å²) >= 11 is 13.2. The van der Waals surface area contributed by atoms with E-state index in [9.17, 15) is 4.79 Å². The molecule has 0 radical (unpaired) electrons. The van der Waals surface area contributed by atoms with Gasteiger partial charge >= 0.3 is 0 Å². The zero-order chi connectivity index (χ0) is 17.3. The lowest BCUT2D eigenvalue weighted by atomic mass is 10.4. The highest BCUT2D eigenvalue weighted by Gasteiger charge is 2.30. The number of anilines is 1. The number of carbonyl (C=O) groups excluding carboxylic acids is 1. The number of amides is 1. The summed E-state index contributed by atoms with van der Waals surface area (Å²) in [6.45, 7) is 4.66. The molecule has 9 heteroatoms. The molecule has 1 N–H and O–H groups in total. The number of aromatic nitrogens is 4. The van der Waals surface area contributed by atoms with Gasteiger partial charge in [-0.3, -0.25) is 4.79 Å². The molecule has 0 spiro atoms. The highest BCUT2D eigenvalue weighted by Crippen LogP contribution is 2.40. The van der Waals surface area contributed by atoms with Crippen molar-refractivity contribution in [1.82, 2.24) is 19.7 Å². The SMILES string of the molecule is CCn1c(S[C@@H](C)C(=O)Nc2ncc(Cl)cc2Cl)nnc1C1CC1. The van der Waals surface area contributed by atoms with Gasteiger partial charge in [0.15, 0.2) is 11.0 Å². The van der Waals surface area contributed by atoms with Gasteiger partial charge in [-0.05, 0) is 32.8 Å². The van der Waals surface area contributed by atoms with Crippen molar-refractivity contribution in [2.24, 2.45) is 0 Å². The van der Waals surface area contributed by atoms with Crippen LogP contribution in [-0.2, 0) is 11.3 Å². The van der Waals surface area contributed by atoms with Gasteiger partial charge in [0, 0.05) is 18.7 Å². The van der Waals surface area contributed by atoms with E-state index in [1.807, 2.05) is 6.92 Å². The summed E-state index contributed by atoms with van der Waals surface area (Å²) in [5, 5.41) is 12.4. The standard InChI is InChI=1S/C15H17Cl2N5OS/c1-3-22-13(9-4-5-9)20-21-15(22)24-8(2)14(23)19-12-11(17)6-10(16)7-18-12/h6-9H,3-5H2,1-2H3,(H,18,19,23)/t8-/m0/s1. The van der Waals surface area contributed by atoms with Gasteiger partial charge in [0.1, 0.15) is 5.82 Å². The van der Waals surface area contributed by atoms with Crippen LogP contribution in [-0.4, -0.2) is 30.9 Å². The van der Waals surface area contributed by atoms with Gasteiger partial charge in [-0.25, -0.2) is 4.98 Å². The fraction of sp³-hybridized carbons (Fsp3) is 0.467. The molecule has 1 amide bonds. The van der Waals surface area contributed by atoms with Crippen molar-refractivity contribution in [3.63, 3.8) is 0 Å². The summed E-state index contributed by atoms with van der Waals surface area (Å²) in [4.78, 5) is 16.4. The number of thioether (sulfide) groups is 1. The maximum Gasteiger partial charge on any atom is 0.238 e. The molecule has 0 aliphatic heterocycles. The van der Waals surface area contributed by atoms with Crippen molar-refractivity contribution in [2.45, 2.75) is 49.6 Å². The van der Waals surface area contributed by atoms with Crippen LogP contribution in [0.25, 0.3) is 0 Å². The summed E-state index contributed by atoms with van der Waals surface area (Å²) in [5.41, 5.74) is 0. The van der Waals surface area contributed by atoms with E-state index < -0.39 is 0 Å². The predicted molar refractivity (Wildman–Crippen MR) is 95.9 cm³/mol. The lowest BCUT2D eigenvalue weighted by Gasteiger charge is -2.13. The first-order chi connectivity index (χ1) is 11.5. The largest absolute Gasteiger partial charge is 0.308 e. The molecule has 1 saturated carbocycles. The van der Waals surface area contributed by atoms with Crippen molar-refractivity contribution in [3.8, 4) is 0 Å². The minimum absolute atomic E-state index is 0.199. The van der Waals surface area contributed by atoms with Crippen molar-refractivity contribution >= 4 is 46.7 Å². The Morgan fingerprint density at radius 1 is 1.46 bits per heavy atom. The third-order valence-corrected chi connectivity index (χ3v) is 5.28. The van der Waals surface area contributed by atoms with Crippen LogP contribution in [0.2, 0.25) is 10.0 Å². The number of carbonyl (C=O) groups is 1. The fourth-order valence-electron chi connectivity index (χ4n) is 2.26. The molecule has 0 saturated heterocycles. The molecule has 1 aliphatic carbocycles. The first-order valence-corrected chi connectivity index (χ1v) is 9.34. The van der Waals surface area contributed by atoms with E-state index in [1.165, 1.54) is 30.8 Å². The average molecular weight is 386 g/mol. The lowest BCUT2D eigenvalue weighted by Crippen LogP contribution is -2.23. The Morgan fingerprint density at radius 3 is 2.83 bits per heavy atom. The number of hydrogen-bond acceptors (Lipinski definition) is 5. The first-order valence-electron chi connectivity index (χ1n) is 7.71. The molecule has 2 aromatic rings. The van der Waals surface area contributed by atoms with Crippen LogP contribution in [0.1, 0.15) is 38.4 Å². The Hall–Kier alpha value is -1.31. The molecular formula is C15H17Cl2N5OS. The Morgan fingerprint density at radius 2 is 2.21 bits per heavy atom. The first kappa shape index (κ1) is 17.5. The van der Waals surface area contributed by atoms with Gasteiger partial charge in [0.2, 0.25) is 5.91 Å². The molecule has 0 bridgehead atoms. The topological polar surface area (TPSA) is 72.7 Å². The third kappa shape index (κ3) is 3.84. The smallest absolute Gasteiger partial charge is 0.238 e. The van der Waals surface area contributed by atoms with Crippen LogP contribution in [0.3, 0.4) is 0 Å². The second-order valence-electron chi connectivity index (χ2n) is 5.59. The molecule has 1 fully saturated rings. The van der Waals surface area contributed by atoms with Gasteiger partial charge in [-0.2, -0.15) is 0 Å². The summed E-state index contributed by atoms with van der Waals surface area (Å²) in [7, 11) is 0. The monoisotopic (exact) mass is 385 g/mol. The molecule has 3 rings (SSSR count). The zero-order valence-corrected chi connectivity index (χ0v) is 15.6. The van der Waals surface area contributed by atoms with Crippen molar-refractivity contribution in [3.05, 3.63) is 28.1 Å². The van der Waals surface area contributed by atoms with Crippen LogP contribution in [0.4, 0.5) is 5.82 Å². The van der Waals surface area contributed by atoms with Crippen LogP contribution < -0.4 is 5.32 Å². The second-order valence-corrected chi connectivity index (χ2v) is 7.74. The van der Waals surface area contributed by atoms with E-state index >= 15 is 0 Å². The predicted octanol–water partition coefficient (Wildman–Crippen LogP) is 4.00. The highest BCUT2D eigenvalue weighted by molar-refractivity contribution is 8.00.